The average molecular weight is 313 g/mol. The monoisotopic (exact) mass is 312 g/mol. The molecule has 0 amide bonds. The zero-order valence-electron chi connectivity index (χ0n) is 10.3. The number of nitrogens with zero attached hydrogens (tertiary/aromatic N) is 1. The molecule has 0 aliphatic heterocycles. The lowest BCUT2D eigenvalue weighted by molar-refractivity contribution is 0.676. The van der Waals surface area contributed by atoms with Crippen LogP contribution in [0.4, 0.5) is 0 Å². The fourth-order valence-corrected chi connectivity index (χ4v) is 3.17. The minimum Gasteiger partial charge on any atom is -0.308 e. The van der Waals surface area contributed by atoms with Crippen molar-refractivity contribution in [1.82, 2.24) is 10.3 Å². The van der Waals surface area contributed by atoms with Crippen LogP contribution in [0.2, 0.25) is 10.0 Å². The van der Waals surface area contributed by atoms with Crippen LogP contribution in [0, 0.1) is 0 Å². The number of nitrogens with one attached hydrogen (secondary N) is 1. The molecule has 100 valence electrons. The Kier molecular flexibility index (Phi) is 4.08. The summed E-state index contributed by atoms with van der Waals surface area (Å²) in [6.07, 6.45) is 3.37. The van der Waals surface area contributed by atoms with Gasteiger partial charge in [0.2, 0.25) is 0 Å². The van der Waals surface area contributed by atoms with E-state index in [4.69, 9.17) is 23.2 Å². The molecule has 1 fully saturated rings. The molecule has 1 N–H and O–H groups in total. The van der Waals surface area contributed by atoms with Gasteiger partial charge < -0.3 is 5.32 Å². The molecule has 1 heterocycles. The molecule has 1 aromatic carbocycles. The van der Waals surface area contributed by atoms with Crippen molar-refractivity contribution in [3.63, 3.8) is 0 Å². The maximum absolute atomic E-state index is 6.18. The second kappa shape index (κ2) is 5.80. The average Bonchev–Trinajstić information content (AvgIpc) is 3.10. The Morgan fingerprint density at radius 2 is 2.16 bits per heavy atom. The van der Waals surface area contributed by atoms with Crippen LogP contribution in [-0.2, 0) is 13.0 Å². The van der Waals surface area contributed by atoms with Crippen molar-refractivity contribution in [2.75, 3.05) is 0 Å². The molecule has 0 spiro atoms. The summed E-state index contributed by atoms with van der Waals surface area (Å²) in [5.74, 6) is 0. The van der Waals surface area contributed by atoms with E-state index in [1.807, 2.05) is 12.1 Å². The Labute approximate surface area is 126 Å². The van der Waals surface area contributed by atoms with Crippen LogP contribution in [0.3, 0.4) is 0 Å². The van der Waals surface area contributed by atoms with E-state index in [1.165, 1.54) is 12.8 Å². The molecule has 2 aromatic rings. The highest BCUT2D eigenvalue weighted by Gasteiger charge is 2.20. The van der Waals surface area contributed by atoms with Gasteiger partial charge in [0, 0.05) is 34.4 Å². The van der Waals surface area contributed by atoms with Gasteiger partial charge in [0.25, 0.3) is 0 Å². The van der Waals surface area contributed by atoms with Crippen LogP contribution in [0.15, 0.2) is 23.6 Å². The summed E-state index contributed by atoms with van der Waals surface area (Å²) >= 11 is 13.8. The first-order chi connectivity index (χ1) is 9.20. The van der Waals surface area contributed by atoms with E-state index >= 15 is 0 Å². The van der Waals surface area contributed by atoms with E-state index in [-0.39, 0.29) is 0 Å². The van der Waals surface area contributed by atoms with E-state index in [2.05, 4.69) is 15.7 Å². The first kappa shape index (κ1) is 13.4. The van der Waals surface area contributed by atoms with Crippen LogP contribution in [0.25, 0.3) is 0 Å². The normalized spacial score (nSPS) is 14.8. The zero-order valence-corrected chi connectivity index (χ0v) is 12.7. The third-order valence-electron chi connectivity index (χ3n) is 3.11. The van der Waals surface area contributed by atoms with Gasteiger partial charge in [0.1, 0.15) is 0 Å². The zero-order chi connectivity index (χ0) is 13.2. The second-order valence-corrected chi connectivity index (χ2v) is 6.59. The van der Waals surface area contributed by atoms with Crippen molar-refractivity contribution in [1.29, 1.82) is 0 Å². The van der Waals surface area contributed by atoms with Gasteiger partial charge >= 0.3 is 0 Å². The van der Waals surface area contributed by atoms with E-state index in [9.17, 15) is 0 Å². The van der Waals surface area contributed by atoms with Crippen LogP contribution in [0.5, 0.6) is 0 Å². The van der Waals surface area contributed by atoms with E-state index in [0.717, 1.165) is 35.3 Å². The second-order valence-electron chi connectivity index (χ2n) is 4.80. The molecular weight excluding hydrogens is 299 g/mol. The summed E-state index contributed by atoms with van der Waals surface area (Å²) in [5.41, 5.74) is 2.19. The van der Waals surface area contributed by atoms with E-state index in [1.54, 1.807) is 17.4 Å². The smallest absolute Gasteiger partial charge is 0.0973 e. The molecule has 0 radical (unpaired) electrons. The predicted octanol–water partition coefficient (Wildman–Crippen LogP) is 4.29. The number of aromatic nitrogens is 1. The summed E-state index contributed by atoms with van der Waals surface area (Å²) in [7, 11) is 0. The molecule has 0 bridgehead atoms. The number of thiazole rings is 1. The molecule has 5 heteroatoms. The van der Waals surface area contributed by atoms with Crippen molar-refractivity contribution >= 4 is 34.5 Å². The molecule has 3 rings (SSSR count). The maximum Gasteiger partial charge on any atom is 0.0973 e. The molecule has 0 atom stereocenters. The molecular formula is C14H14Cl2N2S. The molecule has 0 saturated heterocycles. The van der Waals surface area contributed by atoms with E-state index < -0.39 is 0 Å². The number of rotatable bonds is 5. The SMILES string of the molecule is Clc1ccc(Cc2nc(CNC3CC3)cs2)c(Cl)c1. The molecule has 1 aromatic heterocycles. The van der Waals surface area contributed by atoms with Gasteiger partial charge in [0.15, 0.2) is 0 Å². The van der Waals surface area contributed by atoms with Gasteiger partial charge in [-0.1, -0.05) is 29.3 Å². The topological polar surface area (TPSA) is 24.9 Å². The van der Waals surface area contributed by atoms with Crippen molar-refractivity contribution in [3.8, 4) is 0 Å². The summed E-state index contributed by atoms with van der Waals surface area (Å²) in [4.78, 5) is 4.63. The summed E-state index contributed by atoms with van der Waals surface area (Å²) < 4.78 is 0. The summed E-state index contributed by atoms with van der Waals surface area (Å²) in [5, 5.41) is 8.06. The van der Waals surface area contributed by atoms with Crippen LogP contribution in [0.1, 0.15) is 29.1 Å². The lowest BCUT2D eigenvalue weighted by Gasteiger charge is -2.02. The predicted molar refractivity (Wildman–Crippen MR) is 81.2 cm³/mol. The number of halogens is 2. The lowest BCUT2D eigenvalue weighted by Crippen LogP contribution is -2.15. The molecule has 0 unspecified atom stereocenters. The van der Waals surface area contributed by atoms with Crippen molar-refractivity contribution in [2.45, 2.75) is 31.8 Å². The lowest BCUT2D eigenvalue weighted by atomic mass is 10.1. The Hall–Kier alpha value is -0.610. The molecule has 2 nitrogen and oxygen atoms in total. The van der Waals surface area contributed by atoms with Crippen molar-refractivity contribution < 1.29 is 0 Å². The molecule has 1 aliphatic carbocycles. The quantitative estimate of drug-likeness (QED) is 0.890. The Morgan fingerprint density at radius 3 is 2.89 bits per heavy atom. The number of hydrogen-bond donors (Lipinski definition) is 1. The van der Waals surface area contributed by atoms with Gasteiger partial charge in [-0.25, -0.2) is 4.98 Å². The van der Waals surface area contributed by atoms with Crippen LogP contribution in [-0.4, -0.2) is 11.0 Å². The van der Waals surface area contributed by atoms with Gasteiger partial charge in [-0.3, -0.25) is 0 Å². The van der Waals surface area contributed by atoms with Crippen molar-refractivity contribution in [3.05, 3.63) is 49.9 Å². The van der Waals surface area contributed by atoms with E-state index in [0.29, 0.717) is 10.0 Å². The van der Waals surface area contributed by atoms with Gasteiger partial charge in [-0.2, -0.15) is 0 Å². The fraction of sp³-hybridized carbons (Fsp3) is 0.357. The maximum atomic E-state index is 6.18. The molecule has 19 heavy (non-hydrogen) atoms. The first-order valence-corrected chi connectivity index (χ1v) is 7.95. The largest absolute Gasteiger partial charge is 0.308 e. The Balaban J connectivity index is 1.65. The van der Waals surface area contributed by atoms with Crippen LogP contribution < -0.4 is 5.32 Å². The minimum absolute atomic E-state index is 0.669. The summed E-state index contributed by atoms with van der Waals surface area (Å²) in [6.45, 7) is 0.871. The fourth-order valence-electron chi connectivity index (χ4n) is 1.88. The standard InChI is InChI=1S/C14H14Cl2N2S/c15-10-2-1-9(13(16)6-10)5-14-18-12(8-19-14)7-17-11-3-4-11/h1-2,6,8,11,17H,3-5,7H2. The highest BCUT2D eigenvalue weighted by atomic mass is 35.5. The number of hydrogen-bond acceptors (Lipinski definition) is 3. The molecule has 1 aliphatic rings. The Morgan fingerprint density at radius 1 is 1.32 bits per heavy atom. The first-order valence-electron chi connectivity index (χ1n) is 6.31. The Bertz CT molecular complexity index is 579. The molecule has 1 saturated carbocycles. The number of benzene rings is 1. The third-order valence-corrected chi connectivity index (χ3v) is 4.59. The van der Waals surface area contributed by atoms with Crippen molar-refractivity contribution in [2.24, 2.45) is 0 Å². The van der Waals surface area contributed by atoms with Gasteiger partial charge in [-0.05, 0) is 30.5 Å². The highest BCUT2D eigenvalue weighted by molar-refractivity contribution is 7.09. The van der Waals surface area contributed by atoms with Gasteiger partial charge in [-0.15, -0.1) is 11.3 Å². The van der Waals surface area contributed by atoms with Crippen LogP contribution >= 0.6 is 34.5 Å². The minimum atomic E-state index is 0.669. The third kappa shape index (κ3) is 3.69. The van der Waals surface area contributed by atoms with Gasteiger partial charge in [0.05, 0.1) is 10.7 Å². The highest BCUT2D eigenvalue weighted by Crippen LogP contribution is 2.25. The summed E-state index contributed by atoms with van der Waals surface area (Å²) in [6, 6.07) is 6.33.